The summed E-state index contributed by atoms with van der Waals surface area (Å²) in [5, 5.41) is 10.2. The first kappa shape index (κ1) is 20.2. The van der Waals surface area contributed by atoms with Gasteiger partial charge in [0, 0.05) is 11.8 Å². The van der Waals surface area contributed by atoms with Crippen molar-refractivity contribution < 1.29 is 4.74 Å². The Kier molecular flexibility index (Phi) is 6.18. The summed E-state index contributed by atoms with van der Waals surface area (Å²) >= 11 is 1.84. The number of nitrogens with zero attached hydrogens (tertiary/aromatic N) is 3. The normalized spacial score (nSPS) is 23.8. The van der Waals surface area contributed by atoms with Crippen molar-refractivity contribution in [3.8, 4) is 6.07 Å². The van der Waals surface area contributed by atoms with E-state index in [9.17, 15) is 0 Å². The Morgan fingerprint density at radius 1 is 1.30 bits per heavy atom. The zero-order valence-electron chi connectivity index (χ0n) is 17.2. The lowest BCUT2D eigenvalue weighted by Gasteiger charge is -2.37. The van der Waals surface area contributed by atoms with Gasteiger partial charge in [0.05, 0.1) is 35.1 Å². The van der Waals surface area contributed by atoms with Gasteiger partial charge in [0.15, 0.2) is 5.17 Å². The standard InChI is InChI=1S/C22H31N3OS/c1-15-12-17(13-23)10-11-19(15)24-21-25(18-8-6-7-9-18)20(14-27-21)16(2)26-22(3,4)5/h10-12,16,18,20H,6-9,14H2,1-5H3/b24-21-/t16-,20-/m0/s1. The average molecular weight is 386 g/mol. The predicted molar refractivity (Wildman–Crippen MR) is 114 cm³/mol. The molecule has 3 rings (SSSR count). The molecule has 1 aromatic carbocycles. The van der Waals surface area contributed by atoms with Crippen molar-refractivity contribution in [2.75, 3.05) is 5.75 Å². The molecular formula is C22H31N3OS. The molecule has 0 N–H and O–H groups in total. The minimum absolute atomic E-state index is 0.144. The van der Waals surface area contributed by atoms with E-state index in [2.05, 4.69) is 38.7 Å². The van der Waals surface area contributed by atoms with E-state index >= 15 is 0 Å². The lowest BCUT2D eigenvalue weighted by atomic mass is 10.1. The Morgan fingerprint density at radius 3 is 2.59 bits per heavy atom. The lowest BCUT2D eigenvalue weighted by Crippen LogP contribution is -2.48. The summed E-state index contributed by atoms with van der Waals surface area (Å²) in [5.41, 5.74) is 2.56. The van der Waals surface area contributed by atoms with Crippen LogP contribution in [-0.2, 0) is 4.74 Å². The van der Waals surface area contributed by atoms with E-state index in [1.54, 1.807) is 0 Å². The molecule has 27 heavy (non-hydrogen) atoms. The zero-order valence-corrected chi connectivity index (χ0v) is 18.0. The number of ether oxygens (including phenoxy) is 1. The SMILES string of the molecule is Cc1cc(C#N)ccc1/N=C1\SC[C@@H]([C@H](C)OC(C)(C)C)N1C1CCCC1. The fourth-order valence-corrected chi connectivity index (χ4v) is 5.46. The molecule has 1 aromatic rings. The maximum atomic E-state index is 9.10. The molecule has 2 aliphatic rings. The van der Waals surface area contributed by atoms with Gasteiger partial charge in [0.2, 0.25) is 0 Å². The van der Waals surface area contributed by atoms with Gasteiger partial charge in [-0.15, -0.1) is 0 Å². The van der Waals surface area contributed by atoms with Crippen LogP contribution in [-0.4, -0.2) is 39.6 Å². The van der Waals surface area contributed by atoms with Crippen molar-refractivity contribution in [1.29, 1.82) is 5.26 Å². The third kappa shape index (κ3) is 4.86. The van der Waals surface area contributed by atoms with E-state index < -0.39 is 0 Å². The first-order chi connectivity index (χ1) is 12.8. The quantitative estimate of drug-likeness (QED) is 0.694. The van der Waals surface area contributed by atoms with Crippen LogP contribution in [0.1, 0.15) is 64.5 Å². The largest absolute Gasteiger partial charge is 0.371 e. The zero-order chi connectivity index (χ0) is 19.6. The van der Waals surface area contributed by atoms with E-state index in [0.717, 1.165) is 22.2 Å². The maximum Gasteiger partial charge on any atom is 0.165 e. The van der Waals surface area contributed by atoms with Crippen LogP contribution >= 0.6 is 11.8 Å². The van der Waals surface area contributed by atoms with E-state index in [1.807, 2.05) is 36.9 Å². The van der Waals surface area contributed by atoms with Crippen molar-refractivity contribution in [2.45, 2.75) is 84.1 Å². The van der Waals surface area contributed by atoms with Crippen LogP contribution in [0.3, 0.4) is 0 Å². The third-order valence-corrected chi connectivity index (χ3v) is 6.37. The second-order valence-corrected chi connectivity index (χ2v) is 9.65. The summed E-state index contributed by atoms with van der Waals surface area (Å²) in [6.45, 7) is 10.6. The number of thioether (sulfide) groups is 1. The van der Waals surface area contributed by atoms with E-state index in [4.69, 9.17) is 15.0 Å². The summed E-state index contributed by atoms with van der Waals surface area (Å²) in [5.74, 6) is 1.02. The Balaban J connectivity index is 1.89. The molecule has 0 amide bonds. The monoisotopic (exact) mass is 385 g/mol. The fraction of sp³-hybridized carbons (Fsp3) is 0.636. The molecule has 0 unspecified atom stereocenters. The number of aliphatic imine (C=N–C) groups is 1. The molecular weight excluding hydrogens is 354 g/mol. The van der Waals surface area contributed by atoms with Crippen LogP contribution in [0.5, 0.6) is 0 Å². The molecule has 0 spiro atoms. The first-order valence-electron chi connectivity index (χ1n) is 9.97. The topological polar surface area (TPSA) is 48.6 Å². The molecule has 0 bridgehead atoms. The lowest BCUT2D eigenvalue weighted by molar-refractivity contribution is -0.0763. The highest BCUT2D eigenvalue weighted by Crippen LogP contribution is 2.37. The summed E-state index contributed by atoms with van der Waals surface area (Å²) in [6, 6.07) is 8.87. The van der Waals surface area contributed by atoms with Crippen molar-refractivity contribution in [2.24, 2.45) is 4.99 Å². The van der Waals surface area contributed by atoms with E-state index in [0.29, 0.717) is 17.6 Å². The summed E-state index contributed by atoms with van der Waals surface area (Å²) in [6.07, 6.45) is 5.25. The Labute approximate surface area is 168 Å². The number of hydrogen-bond acceptors (Lipinski definition) is 4. The smallest absolute Gasteiger partial charge is 0.165 e. The molecule has 1 heterocycles. The van der Waals surface area contributed by atoms with Crippen LogP contribution in [0.25, 0.3) is 0 Å². The molecule has 4 nitrogen and oxygen atoms in total. The summed E-state index contributed by atoms with van der Waals surface area (Å²) < 4.78 is 6.32. The van der Waals surface area contributed by atoms with Gasteiger partial charge in [0.25, 0.3) is 0 Å². The highest BCUT2D eigenvalue weighted by molar-refractivity contribution is 8.14. The molecule has 1 saturated carbocycles. The molecule has 146 valence electrons. The van der Waals surface area contributed by atoms with Crippen molar-refractivity contribution in [1.82, 2.24) is 4.90 Å². The number of nitriles is 1. The Bertz CT molecular complexity index is 741. The minimum Gasteiger partial charge on any atom is -0.371 e. The molecule has 1 saturated heterocycles. The van der Waals surface area contributed by atoms with Gasteiger partial charge in [0.1, 0.15) is 0 Å². The van der Waals surface area contributed by atoms with E-state index in [-0.39, 0.29) is 11.7 Å². The first-order valence-corrected chi connectivity index (χ1v) is 11.0. The number of benzene rings is 1. The Hall–Kier alpha value is -1.51. The van der Waals surface area contributed by atoms with Crippen molar-refractivity contribution in [3.63, 3.8) is 0 Å². The summed E-state index contributed by atoms with van der Waals surface area (Å²) in [7, 11) is 0. The van der Waals surface area contributed by atoms with Gasteiger partial charge in [-0.05, 0) is 71.2 Å². The maximum absolute atomic E-state index is 9.10. The number of hydrogen-bond donors (Lipinski definition) is 0. The highest BCUT2D eigenvalue weighted by atomic mass is 32.2. The molecule has 0 aromatic heterocycles. The number of rotatable bonds is 4. The van der Waals surface area contributed by atoms with Gasteiger partial charge in [-0.3, -0.25) is 0 Å². The molecule has 5 heteroatoms. The predicted octanol–water partition coefficient (Wildman–Crippen LogP) is 5.42. The van der Waals surface area contributed by atoms with Gasteiger partial charge in [-0.25, -0.2) is 4.99 Å². The third-order valence-electron chi connectivity index (χ3n) is 5.30. The van der Waals surface area contributed by atoms with E-state index in [1.165, 1.54) is 25.7 Å². The second-order valence-electron chi connectivity index (χ2n) is 8.67. The van der Waals surface area contributed by atoms with Crippen molar-refractivity contribution in [3.05, 3.63) is 29.3 Å². The fourth-order valence-electron chi connectivity index (χ4n) is 4.11. The average Bonchev–Trinajstić information content (AvgIpc) is 3.24. The van der Waals surface area contributed by atoms with Crippen LogP contribution < -0.4 is 0 Å². The van der Waals surface area contributed by atoms with Gasteiger partial charge in [-0.1, -0.05) is 24.6 Å². The molecule has 1 aliphatic carbocycles. The number of amidine groups is 1. The van der Waals surface area contributed by atoms with Gasteiger partial charge < -0.3 is 9.64 Å². The molecule has 0 radical (unpaired) electrons. The molecule has 1 aliphatic heterocycles. The van der Waals surface area contributed by atoms with Crippen LogP contribution in [0.2, 0.25) is 0 Å². The molecule has 2 fully saturated rings. The summed E-state index contributed by atoms with van der Waals surface area (Å²) in [4.78, 5) is 7.58. The Morgan fingerprint density at radius 2 is 2.00 bits per heavy atom. The number of aryl methyl sites for hydroxylation is 1. The van der Waals surface area contributed by atoms with Gasteiger partial charge in [-0.2, -0.15) is 5.26 Å². The van der Waals surface area contributed by atoms with Crippen LogP contribution in [0.15, 0.2) is 23.2 Å². The van der Waals surface area contributed by atoms with Gasteiger partial charge >= 0.3 is 0 Å². The van der Waals surface area contributed by atoms with Crippen molar-refractivity contribution >= 4 is 22.6 Å². The molecule has 2 atom stereocenters. The second kappa shape index (κ2) is 8.24. The van der Waals surface area contributed by atoms with Crippen LogP contribution in [0.4, 0.5) is 5.69 Å². The van der Waals surface area contributed by atoms with Crippen LogP contribution in [0, 0.1) is 18.3 Å². The highest BCUT2D eigenvalue weighted by Gasteiger charge is 2.40. The minimum atomic E-state index is -0.144.